The maximum atomic E-state index is 4.37. The Morgan fingerprint density at radius 1 is 1.14 bits per heavy atom. The van der Waals surface area contributed by atoms with Gasteiger partial charge < -0.3 is 0 Å². The first kappa shape index (κ1) is 9.62. The van der Waals surface area contributed by atoms with E-state index in [1.54, 1.807) is 22.7 Å². The topological polar surface area (TPSA) is 12.9 Å². The molecule has 0 aliphatic rings. The lowest BCUT2D eigenvalue weighted by Gasteiger charge is -1.83. The molecule has 2 aromatic rings. The van der Waals surface area contributed by atoms with Crippen molar-refractivity contribution in [1.82, 2.24) is 4.98 Å². The Hall–Kier alpha value is -0.930. The SMILES string of the molecule is Cc1csc(/C=C/c2csc(C)n2)c1. The number of aromatic nitrogens is 1. The number of nitrogens with zero attached hydrogens (tertiary/aromatic N) is 1. The summed E-state index contributed by atoms with van der Waals surface area (Å²) in [4.78, 5) is 5.65. The molecule has 0 aliphatic heterocycles. The summed E-state index contributed by atoms with van der Waals surface area (Å²) in [5.41, 5.74) is 2.38. The van der Waals surface area contributed by atoms with Gasteiger partial charge in [0.15, 0.2) is 0 Å². The molecule has 0 unspecified atom stereocenters. The van der Waals surface area contributed by atoms with Gasteiger partial charge in [-0.2, -0.15) is 0 Å². The van der Waals surface area contributed by atoms with E-state index < -0.39 is 0 Å². The van der Waals surface area contributed by atoms with E-state index in [2.05, 4.69) is 40.9 Å². The van der Waals surface area contributed by atoms with Crippen LogP contribution in [0.25, 0.3) is 12.2 Å². The lowest BCUT2D eigenvalue weighted by molar-refractivity contribution is 1.28. The molecule has 2 heterocycles. The smallest absolute Gasteiger partial charge is 0.0901 e. The molecule has 0 N–H and O–H groups in total. The Labute approximate surface area is 91.8 Å². The maximum absolute atomic E-state index is 4.37. The molecular formula is C11H11NS2. The third-order valence-electron chi connectivity index (χ3n) is 1.81. The fourth-order valence-corrected chi connectivity index (χ4v) is 2.54. The van der Waals surface area contributed by atoms with E-state index in [9.17, 15) is 0 Å². The van der Waals surface area contributed by atoms with Crippen LogP contribution in [-0.2, 0) is 0 Å². The molecule has 0 aromatic carbocycles. The van der Waals surface area contributed by atoms with E-state index in [0.29, 0.717) is 0 Å². The molecule has 14 heavy (non-hydrogen) atoms. The highest BCUT2D eigenvalue weighted by atomic mass is 32.1. The van der Waals surface area contributed by atoms with Crippen molar-refractivity contribution in [3.63, 3.8) is 0 Å². The van der Waals surface area contributed by atoms with Gasteiger partial charge in [0.05, 0.1) is 10.7 Å². The molecule has 0 fully saturated rings. The van der Waals surface area contributed by atoms with Gasteiger partial charge in [0.2, 0.25) is 0 Å². The van der Waals surface area contributed by atoms with Gasteiger partial charge in [0, 0.05) is 10.3 Å². The van der Waals surface area contributed by atoms with Gasteiger partial charge in [-0.15, -0.1) is 22.7 Å². The summed E-state index contributed by atoms with van der Waals surface area (Å²) in [6.45, 7) is 4.14. The van der Waals surface area contributed by atoms with Crippen LogP contribution in [-0.4, -0.2) is 4.98 Å². The maximum Gasteiger partial charge on any atom is 0.0901 e. The van der Waals surface area contributed by atoms with E-state index in [1.807, 2.05) is 6.92 Å². The first-order valence-corrected chi connectivity index (χ1v) is 6.15. The molecule has 0 atom stereocenters. The first-order chi connectivity index (χ1) is 6.74. The van der Waals surface area contributed by atoms with Gasteiger partial charge >= 0.3 is 0 Å². The van der Waals surface area contributed by atoms with Gasteiger partial charge in [-0.1, -0.05) is 0 Å². The lowest BCUT2D eigenvalue weighted by Crippen LogP contribution is -1.70. The molecule has 3 heteroatoms. The minimum Gasteiger partial charge on any atom is -0.242 e. The molecule has 2 aromatic heterocycles. The largest absolute Gasteiger partial charge is 0.242 e. The van der Waals surface area contributed by atoms with Crippen LogP contribution in [0.1, 0.15) is 21.1 Å². The van der Waals surface area contributed by atoms with Crippen LogP contribution in [0.2, 0.25) is 0 Å². The highest BCUT2D eigenvalue weighted by molar-refractivity contribution is 7.11. The Morgan fingerprint density at radius 3 is 2.57 bits per heavy atom. The van der Waals surface area contributed by atoms with Gasteiger partial charge in [0.1, 0.15) is 0 Å². The molecule has 0 saturated carbocycles. The van der Waals surface area contributed by atoms with Crippen LogP contribution < -0.4 is 0 Å². The summed E-state index contributed by atoms with van der Waals surface area (Å²) in [7, 11) is 0. The van der Waals surface area contributed by atoms with Crippen LogP contribution in [0.4, 0.5) is 0 Å². The van der Waals surface area contributed by atoms with Crippen LogP contribution >= 0.6 is 22.7 Å². The fraction of sp³-hybridized carbons (Fsp3) is 0.182. The zero-order chi connectivity index (χ0) is 9.97. The van der Waals surface area contributed by atoms with Crippen molar-refractivity contribution < 1.29 is 0 Å². The van der Waals surface area contributed by atoms with Gasteiger partial charge in [-0.05, 0) is 43.0 Å². The number of rotatable bonds is 2. The van der Waals surface area contributed by atoms with Crippen LogP contribution in [0, 0.1) is 13.8 Å². The average Bonchev–Trinajstić information content (AvgIpc) is 2.72. The number of thiazole rings is 1. The molecule has 0 saturated heterocycles. The highest BCUT2D eigenvalue weighted by Gasteiger charge is 1.94. The summed E-state index contributed by atoms with van der Waals surface area (Å²) in [5, 5.41) is 5.35. The monoisotopic (exact) mass is 221 g/mol. The molecule has 0 spiro atoms. The third-order valence-corrected chi connectivity index (χ3v) is 3.61. The number of aryl methyl sites for hydroxylation is 2. The van der Waals surface area contributed by atoms with Gasteiger partial charge in [0.25, 0.3) is 0 Å². The molecule has 72 valence electrons. The van der Waals surface area contributed by atoms with Crippen molar-refractivity contribution >= 4 is 34.8 Å². The van der Waals surface area contributed by atoms with Crippen molar-refractivity contribution in [2.75, 3.05) is 0 Å². The average molecular weight is 221 g/mol. The zero-order valence-electron chi connectivity index (χ0n) is 8.15. The summed E-state index contributed by atoms with van der Waals surface area (Å²) < 4.78 is 0. The molecular weight excluding hydrogens is 210 g/mol. The van der Waals surface area contributed by atoms with E-state index in [1.165, 1.54) is 10.4 Å². The Bertz CT molecular complexity index is 409. The Kier molecular flexibility index (Phi) is 2.79. The molecule has 2 rings (SSSR count). The first-order valence-electron chi connectivity index (χ1n) is 4.39. The minimum absolute atomic E-state index is 1.05. The third kappa shape index (κ3) is 2.30. The second kappa shape index (κ2) is 4.07. The van der Waals surface area contributed by atoms with E-state index in [4.69, 9.17) is 0 Å². The number of thiophene rings is 1. The lowest BCUT2D eigenvalue weighted by atomic mass is 10.3. The minimum atomic E-state index is 1.05. The zero-order valence-corrected chi connectivity index (χ0v) is 9.78. The molecule has 0 bridgehead atoms. The molecule has 1 nitrogen and oxygen atoms in total. The van der Waals surface area contributed by atoms with Crippen molar-refractivity contribution in [2.45, 2.75) is 13.8 Å². The summed E-state index contributed by atoms with van der Waals surface area (Å²) >= 11 is 3.45. The number of hydrogen-bond donors (Lipinski definition) is 0. The van der Waals surface area contributed by atoms with Crippen molar-refractivity contribution in [3.8, 4) is 0 Å². The van der Waals surface area contributed by atoms with Crippen LogP contribution in [0.3, 0.4) is 0 Å². The van der Waals surface area contributed by atoms with E-state index >= 15 is 0 Å². The normalized spacial score (nSPS) is 11.3. The standard InChI is InChI=1S/C11H11NS2/c1-8-5-11(14-6-8)4-3-10-7-13-9(2)12-10/h3-7H,1-2H3/b4-3+. The Balaban J connectivity index is 2.14. The molecule has 0 aliphatic carbocycles. The Morgan fingerprint density at radius 2 is 2.00 bits per heavy atom. The van der Waals surface area contributed by atoms with Crippen molar-refractivity contribution in [2.24, 2.45) is 0 Å². The summed E-state index contributed by atoms with van der Waals surface area (Å²) in [6.07, 6.45) is 4.18. The highest BCUT2D eigenvalue weighted by Crippen LogP contribution is 2.17. The molecule has 0 radical (unpaired) electrons. The second-order valence-electron chi connectivity index (χ2n) is 3.15. The predicted molar refractivity (Wildman–Crippen MR) is 64.8 cm³/mol. The van der Waals surface area contributed by atoms with Crippen LogP contribution in [0.5, 0.6) is 0 Å². The van der Waals surface area contributed by atoms with E-state index in [-0.39, 0.29) is 0 Å². The van der Waals surface area contributed by atoms with Crippen molar-refractivity contribution in [1.29, 1.82) is 0 Å². The summed E-state index contributed by atoms with van der Waals surface area (Å²) in [6, 6.07) is 2.18. The second-order valence-corrected chi connectivity index (χ2v) is 5.16. The van der Waals surface area contributed by atoms with Crippen LogP contribution in [0.15, 0.2) is 16.8 Å². The van der Waals surface area contributed by atoms with Gasteiger partial charge in [-0.25, -0.2) is 4.98 Å². The molecule has 0 amide bonds. The van der Waals surface area contributed by atoms with Gasteiger partial charge in [-0.3, -0.25) is 0 Å². The number of hydrogen-bond acceptors (Lipinski definition) is 3. The van der Waals surface area contributed by atoms with Crippen molar-refractivity contribution in [3.05, 3.63) is 38.0 Å². The quantitative estimate of drug-likeness (QED) is 0.747. The van der Waals surface area contributed by atoms with E-state index in [0.717, 1.165) is 10.7 Å². The predicted octanol–water partition coefficient (Wildman–Crippen LogP) is 3.99. The summed E-state index contributed by atoms with van der Waals surface area (Å²) in [5.74, 6) is 0. The fourth-order valence-electron chi connectivity index (χ4n) is 1.17.